The van der Waals surface area contributed by atoms with E-state index in [1.807, 2.05) is 6.92 Å². The lowest BCUT2D eigenvalue weighted by atomic mass is 10.1. The number of rotatable bonds is 8. The maximum Gasteiger partial charge on any atom is 0.272 e. The smallest absolute Gasteiger partial charge is 0.272 e. The number of nitrogens with zero attached hydrogens (tertiary/aromatic N) is 1. The lowest BCUT2D eigenvalue weighted by Crippen LogP contribution is -2.46. The summed E-state index contributed by atoms with van der Waals surface area (Å²) in [4.78, 5) is 0.166. The second-order valence-corrected chi connectivity index (χ2v) is 7.66. The van der Waals surface area contributed by atoms with E-state index >= 15 is 0 Å². The lowest BCUT2D eigenvalue weighted by molar-refractivity contribution is 0.0819. The van der Waals surface area contributed by atoms with Crippen LogP contribution < -0.4 is 10.1 Å². The zero-order valence-corrected chi connectivity index (χ0v) is 14.6. The fraction of sp³-hybridized carbons (Fsp3) is 0.625. The number of halogens is 2. The van der Waals surface area contributed by atoms with Crippen LogP contribution in [-0.2, 0) is 10.0 Å². The Morgan fingerprint density at radius 2 is 1.88 bits per heavy atom. The lowest BCUT2D eigenvalue weighted by Gasteiger charge is -2.33. The standard InChI is InChI=1S/C16H24F2N2O3S/c1-2-11-20(13-7-9-19-10-8-13)24(21,22)15-5-3-14(4-6-15)23-12-16(17)18/h3-6,13,16,19H,2,7-12H2,1H3. The molecule has 2 rings (SSSR count). The van der Waals surface area contributed by atoms with Gasteiger partial charge in [-0.2, -0.15) is 4.31 Å². The normalized spacial score (nSPS) is 16.7. The van der Waals surface area contributed by atoms with Gasteiger partial charge in [-0.3, -0.25) is 0 Å². The Kier molecular flexibility index (Phi) is 6.94. The molecule has 1 heterocycles. The highest BCUT2D eigenvalue weighted by Crippen LogP contribution is 2.24. The summed E-state index contributed by atoms with van der Waals surface area (Å²) in [7, 11) is -3.61. The summed E-state index contributed by atoms with van der Waals surface area (Å²) in [5, 5.41) is 3.23. The minimum absolute atomic E-state index is 0.00837. The molecule has 1 fully saturated rings. The first-order chi connectivity index (χ1) is 11.4. The summed E-state index contributed by atoms with van der Waals surface area (Å²) in [6.45, 7) is 3.33. The monoisotopic (exact) mass is 362 g/mol. The molecule has 0 aromatic heterocycles. The number of piperidine rings is 1. The molecule has 136 valence electrons. The van der Waals surface area contributed by atoms with Gasteiger partial charge in [0.05, 0.1) is 4.90 Å². The molecule has 1 N–H and O–H groups in total. The largest absolute Gasteiger partial charge is 0.488 e. The van der Waals surface area contributed by atoms with Crippen molar-refractivity contribution in [2.45, 2.75) is 43.5 Å². The van der Waals surface area contributed by atoms with E-state index in [4.69, 9.17) is 4.74 Å². The predicted molar refractivity (Wildman–Crippen MR) is 88.0 cm³/mol. The van der Waals surface area contributed by atoms with Gasteiger partial charge in [0, 0.05) is 12.6 Å². The van der Waals surface area contributed by atoms with Crippen molar-refractivity contribution in [1.82, 2.24) is 9.62 Å². The van der Waals surface area contributed by atoms with Gasteiger partial charge in [-0.25, -0.2) is 17.2 Å². The predicted octanol–water partition coefficient (Wildman–Crippen LogP) is 2.48. The summed E-state index contributed by atoms with van der Waals surface area (Å²) in [5.41, 5.74) is 0. The van der Waals surface area contributed by atoms with E-state index < -0.39 is 23.1 Å². The van der Waals surface area contributed by atoms with Crippen LogP contribution in [0.4, 0.5) is 8.78 Å². The van der Waals surface area contributed by atoms with Gasteiger partial charge in [0.2, 0.25) is 10.0 Å². The summed E-state index contributed by atoms with van der Waals surface area (Å²) in [6, 6.07) is 5.66. The Morgan fingerprint density at radius 3 is 2.42 bits per heavy atom. The molecule has 5 nitrogen and oxygen atoms in total. The van der Waals surface area contributed by atoms with Crippen LogP contribution in [0.15, 0.2) is 29.2 Å². The Balaban J connectivity index is 2.16. The molecule has 0 bridgehead atoms. The Hall–Kier alpha value is -1.25. The molecule has 8 heteroatoms. The quantitative estimate of drug-likeness (QED) is 0.772. The van der Waals surface area contributed by atoms with Gasteiger partial charge in [0.25, 0.3) is 6.43 Å². The van der Waals surface area contributed by atoms with Crippen LogP contribution >= 0.6 is 0 Å². The summed E-state index contributed by atoms with van der Waals surface area (Å²) in [5.74, 6) is 0.234. The molecule has 1 aliphatic heterocycles. The van der Waals surface area contributed by atoms with Crippen molar-refractivity contribution in [2.75, 3.05) is 26.2 Å². The second-order valence-electron chi connectivity index (χ2n) is 5.77. The molecule has 0 unspecified atom stereocenters. The molecule has 0 saturated carbocycles. The molecule has 1 aromatic rings. The zero-order valence-electron chi connectivity index (χ0n) is 13.7. The molecular weight excluding hydrogens is 338 g/mol. The van der Waals surface area contributed by atoms with Gasteiger partial charge in [-0.05, 0) is 56.6 Å². The molecule has 1 aliphatic rings. The number of hydrogen-bond donors (Lipinski definition) is 1. The molecule has 0 spiro atoms. The SMILES string of the molecule is CCCN(C1CCNCC1)S(=O)(=O)c1ccc(OCC(F)F)cc1. The number of alkyl halides is 2. The number of sulfonamides is 1. The summed E-state index contributed by atoms with van der Waals surface area (Å²) in [6.07, 6.45) is -0.254. The third-order valence-corrected chi connectivity index (χ3v) is 5.93. The van der Waals surface area contributed by atoms with Crippen molar-refractivity contribution >= 4 is 10.0 Å². The number of ether oxygens (including phenoxy) is 1. The van der Waals surface area contributed by atoms with Gasteiger partial charge >= 0.3 is 0 Å². The van der Waals surface area contributed by atoms with E-state index in [-0.39, 0.29) is 16.7 Å². The maximum atomic E-state index is 12.9. The number of nitrogens with one attached hydrogen (secondary N) is 1. The van der Waals surface area contributed by atoms with E-state index in [1.165, 1.54) is 24.3 Å². The first-order valence-electron chi connectivity index (χ1n) is 8.18. The van der Waals surface area contributed by atoms with Crippen molar-refractivity contribution < 1.29 is 21.9 Å². The van der Waals surface area contributed by atoms with Crippen LogP contribution in [0.25, 0.3) is 0 Å². The average molecular weight is 362 g/mol. The summed E-state index contributed by atoms with van der Waals surface area (Å²) < 4.78 is 56.7. The van der Waals surface area contributed by atoms with E-state index in [0.29, 0.717) is 6.54 Å². The minimum Gasteiger partial charge on any atom is -0.488 e. The number of benzene rings is 1. The van der Waals surface area contributed by atoms with Gasteiger partial charge in [0.15, 0.2) is 0 Å². The topological polar surface area (TPSA) is 58.6 Å². The Labute approximate surface area is 142 Å². The van der Waals surface area contributed by atoms with Crippen LogP contribution in [0.3, 0.4) is 0 Å². The third kappa shape index (κ3) is 4.87. The summed E-state index contributed by atoms with van der Waals surface area (Å²) >= 11 is 0. The second kappa shape index (κ2) is 8.73. The van der Waals surface area contributed by atoms with Crippen LogP contribution in [0.2, 0.25) is 0 Å². The highest BCUT2D eigenvalue weighted by Gasteiger charge is 2.31. The van der Waals surface area contributed by atoms with Gasteiger partial charge in [-0.1, -0.05) is 6.92 Å². The molecule has 1 aromatic carbocycles. The Morgan fingerprint density at radius 1 is 1.25 bits per heavy atom. The molecule has 24 heavy (non-hydrogen) atoms. The zero-order chi connectivity index (χ0) is 17.6. The minimum atomic E-state index is -3.61. The molecule has 0 radical (unpaired) electrons. The fourth-order valence-electron chi connectivity index (χ4n) is 2.82. The van der Waals surface area contributed by atoms with Crippen molar-refractivity contribution in [3.63, 3.8) is 0 Å². The molecule has 1 saturated heterocycles. The fourth-order valence-corrected chi connectivity index (χ4v) is 4.59. The molecule has 0 atom stereocenters. The van der Waals surface area contributed by atoms with E-state index in [2.05, 4.69) is 5.32 Å². The van der Waals surface area contributed by atoms with Gasteiger partial charge in [-0.15, -0.1) is 0 Å². The first kappa shape index (κ1) is 19.1. The van der Waals surface area contributed by atoms with Crippen LogP contribution in [-0.4, -0.2) is 51.4 Å². The van der Waals surface area contributed by atoms with Crippen LogP contribution in [0.1, 0.15) is 26.2 Å². The van der Waals surface area contributed by atoms with E-state index in [0.717, 1.165) is 32.4 Å². The van der Waals surface area contributed by atoms with Gasteiger partial charge in [0.1, 0.15) is 12.4 Å². The van der Waals surface area contributed by atoms with E-state index in [9.17, 15) is 17.2 Å². The van der Waals surface area contributed by atoms with Gasteiger partial charge < -0.3 is 10.1 Å². The van der Waals surface area contributed by atoms with Crippen molar-refractivity contribution in [3.05, 3.63) is 24.3 Å². The highest BCUT2D eigenvalue weighted by molar-refractivity contribution is 7.89. The van der Waals surface area contributed by atoms with Crippen LogP contribution in [0.5, 0.6) is 5.75 Å². The molecule has 0 aliphatic carbocycles. The molecular formula is C16H24F2N2O3S. The van der Waals surface area contributed by atoms with E-state index in [1.54, 1.807) is 4.31 Å². The number of hydrogen-bond acceptors (Lipinski definition) is 4. The van der Waals surface area contributed by atoms with Crippen molar-refractivity contribution in [3.8, 4) is 5.75 Å². The maximum absolute atomic E-state index is 12.9. The molecule has 0 amide bonds. The average Bonchev–Trinajstić information content (AvgIpc) is 2.59. The third-order valence-electron chi connectivity index (χ3n) is 3.97. The highest BCUT2D eigenvalue weighted by atomic mass is 32.2. The van der Waals surface area contributed by atoms with Crippen LogP contribution in [0, 0.1) is 0 Å². The first-order valence-corrected chi connectivity index (χ1v) is 9.62. The van der Waals surface area contributed by atoms with Crippen molar-refractivity contribution in [1.29, 1.82) is 0 Å². The van der Waals surface area contributed by atoms with Crippen molar-refractivity contribution in [2.24, 2.45) is 0 Å². The Bertz CT molecular complexity index is 602.